The zero-order valence-electron chi connectivity index (χ0n) is 12.9. The molecule has 0 bridgehead atoms. The third kappa shape index (κ3) is 3.24. The molecule has 2 heterocycles. The number of hydrogen-bond acceptors (Lipinski definition) is 4. The fourth-order valence-corrected chi connectivity index (χ4v) is 2.59. The summed E-state index contributed by atoms with van der Waals surface area (Å²) < 4.78 is 1.74. The quantitative estimate of drug-likeness (QED) is 0.831. The molecule has 1 unspecified atom stereocenters. The molecule has 1 aromatic heterocycles. The molecule has 116 valence electrons. The van der Waals surface area contributed by atoms with Crippen molar-refractivity contribution in [3.8, 4) is 0 Å². The molecule has 1 aromatic rings. The molecule has 1 aliphatic rings. The van der Waals surface area contributed by atoms with Gasteiger partial charge >= 0.3 is 5.97 Å². The molecule has 0 aliphatic carbocycles. The molecule has 7 heteroatoms. The van der Waals surface area contributed by atoms with Crippen LogP contribution >= 0.6 is 0 Å². The highest BCUT2D eigenvalue weighted by Crippen LogP contribution is 2.24. The molecule has 1 atom stereocenters. The van der Waals surface area contributed by atoms with Gasteiger partial charge in [-0.2, -0.15) is 5.10 Å². The van der Waals surface area contributed by atoms with Gasteiger partial charge in [-0.15, -0.1) is 0 Å². The summed E-state index contributed by atoms with van der Waals surface area (Å²) in [6.45, 7) is 7.09. The van der Waals surface area contributed by atoms with Crippen LogP contribution in [-0.4, -0.2) is 51.3 Å². The van der Waals surface area contributed by atoms with Crippen LogP contribution in [0, 0.1) is 25.7 Å². The Labute approximate surface area is 123 Å². The lowest BCUT2D eigenvalue weighted by atomic mass is 9.87. The Morgan fingerprint density at radius 1 is 1.43 bits per heavy atom. The van der Waals surface area contributed by atoms with Gasteiger partial charge in [-0.3, -0.25) is 19.2 Å². The predicted octanol–water partition coefficient (Wildman–Crippen LogP) is 0.628. The molecule has 2 N–H and O–H groups in total. The van der Waals surface area contributed by atoms with E-state index in [9.17, 15) is 9.59 Å². The highest BCUT2D eigenvalue weighted by molar-refractivity contribution is 5.93. The van der Waals surface area contributed by atoms with Crippen molar-refractivity contribution in [3.05, 3.63) is 11.4 Å². The number of amides is 1. The van der Waals surface area contributed by atoms with Gasteiger partial charge in [-0.05, 0) is 19.8 Å². The standard InChI is InChI=1S/C14H22N4O3/c1-8(14(20)21)11-5-18(6-11)7-12(19)15-13-9(2)16-17(4)10(13)3/h8,11H,5-7H2,1-4H3,(H,15,19)(H,20,21). The average molecular weight is 294 g/mol. The summed E-state index contributed by atoms with van der Waals surface area (Å²) in [5.74, 6) is -1.08. The normalized spacial score (nSPS) is 17.3. The van der Waals surface area contributed by atoms with Gasteiger partial charge in [-0.1, -0.05) is 6.92 Å². The molecule has 1 aliphatic heterocycles. The fraction of sp³-hybridized carbons (Fsp3) is 0.643. The minimum Gasteiger partial charge on any atom is -0.481 e. The third-order valence-corrected chi connectivity index (χ3v) is 4.22. The van der Waals surface area contributed by atoms with Crippen molar-refractivity contribution >= 4 is 17.6 Å². The first-order valence-corrected chi connectivity index (χ1v) is 7.04. The number of rotatable bonds is 5. The van der Waals surface area contributed by atoms with Crippen LogP contribution < -0.4 is 5.32 Å². The lowest BCUT2D eigenvalue weighted by Gasteiger charge is -2.40. The van der Waals surface area contributed by atoms with E-state index in [1.165, 1.54) is 0 Å². The van der Waals surface area contributed by atoms with Crippen LogP contribution in [0.25, 0.3) is 0 Å². The second-order valence-electron chi connectivity index (χ2n) is 5.80. The summed E-state index contributed by atoms with van der Waals surface area (Å²) in [5, 5.41) is 16.1. The SMILES string of the molecule is Cc1nn(C)c(C)c1NC(=O)CN1CC(C(C)C(=O)O)C1. The highest BCUT2D eigenvalue weighted by Gasteiger charge is 2.35. The van der Waals surface area contributed by atoms with E-state index in [2.05, 4.69) is 10.4 Å². The van der Waals surface area contributed by atoms with Crippen LogP contribution in [0.4, 0.5) is 5.69 Å². The van der Waals surface area contributed by atoms with Crippen LogP contribution in [0.5, 0.6) is 0 Å². The molecule has 0 spiro atoms. The number of nitrogens with one attached hydrogen (secondary N) is 1. The largest absolute Gasteiger partial charge is 0.481 e. The van der Waals surface area contributed by atoms with E-state index in [0.29, 0.717) is 13.1 Å². The number of anilines is 1. The molecule has 21 heavy (non-hydrogen) atoms. The number of nitrogens with zero attached hydrogens (tertiary/aromatic N) is 3. The molecule has 7 nitrogen and oxygen atoms in total. The van der Waals surface area contributed by atoms with Gasteiger partial charge in [0.05, 0.1) is 29.5 Å². The number of aromatic nitrogens is 2. The number of carbonyl (C=O) groups is 2. The minimum absolute atomic E-state index is 0.0874. The van der Waals surface area contributed by atoms with Crippen molar-refractivity contribution in [2.45, 2.75) is 20.8 Å². The number of aliphatic carboxylic acids is 1. The number of aryl methyl sites for hydroxylation is 2. The fourth-order valence-electron chi connectivity index (χ4n) is 2.59. The Bertz CT molecular complexity index is 561. The number of likely N-dealkylation sites (tertiary alicyclic amines) is 1. The second kappa shape index (κ2) is 5.85. The van der Waals surface area contributed by atoms with Crippen molar-refractivity contribution in [2.75, 3.05) is 25.0 Å². The monoisotopic (exact) mass is 294 g/mol. The topological polar surface area (TPSA) is 87.5 Å². The predicted molar refractivity (Wildman–Crippen MR) is 78.0 cm³/mol. The van der Waals surface area contributed by atoms with Gasteiger partial charge in [0.1, 0.15) is 0 Å². The Morgan fingerprint density at radius 2 is 2.05 bits per heavy atom. The summed E-state index contributed by atoms with van der Waals surface area (Å²) in [6.07, 6.45) is 0. The van der Waals surface area contributed by atoms with E-state index in [-0.39, 0.29) is 24.3 Å². The minimum atomic E-state index is -0.772. The van der Waals surface area contributed by atoms with Crippen LogP contribution in [0.2, 0.25) is 0 Å². The van der Waals surface area contributed by atoms with E-state index < -0.39 is 5.97 Å². The van der Waals surface area contributed by atoms with Crippen molar-refractivity contribution in [2.24, 2.45) is 18.9 Å². The maximum Gasteiger partial charge on any atom is 0.306 e. The lowest BCUT2D eigenvalue weighted by molar-refractivity contribution is -0.145. The van der Waals surface area contributed by atoms with Gasteiger partial charge in [0.25, 0.3) is 0 Å². The summed E-state index contributed by atoms with van der Waals surface area (Å²) in [5.41, 5.74) is 2.48. The third-order valence-electron chi connectivity index (χ3n) is 4.22. The van der Waals surface area contributed by atoms with Gasteiger partial charge in [0.2, 0.25) is 5.91 Å². The van der Waals surface area contributed by atoms with Gasteiger partial charge < -0.3 is 10.4 Å². The van der Waals surface area contributed by atoms with Gasteiger partial charge in [-0.25, -0.2) is 0 Å². The summed E-state index contributed by atoms with van der Waals surface area (Å²) >= 11 is 0. The van der Waals surface area contributed by atoms with E-state index >= 15 is 0 Å². The maximum absolute atomic E-state index is 12.0. The molecule has 0 saturated carbocycles. The van der Waals surface area contributed by atoms with Gasteiger partial charge in [0, 0.05) is 20.1 Å². The Hall–Kier alpha value is -1.89. The van der Waals surface area contributed by atoms with Crippen LogP contribution in [-0.2, 0) is 16.6 Å². The molecule has 0 aromatic carbocycles. The summed E-state index contributed by atoms with van der Waals surface area (Å²) in [7, 11) is 1.84. The molecule has 1 saturated heterocycles. The molecule has 0 radical (unpaired) electrons. The molecular formula is C14H22N4O3. The first-order valence-electron chi connectivity index (χ1n) is 7.04. The summed E-state index contributed by atoms with van der Waals surface area (Å²) in [4.78, 5) is 24.9. The van der Waals surface area contributed by atoms with E-state index in [4.69, 9.17) is 5.11 Å². The van der Waals surface area contributed by atoms with Crippen molar-refractivity contribution in [1.29, 1.82) is 0 Å². The Balaban J connectivity index is 1.83. The first kappa shape index (κ1) is 15.5. The zero-order valence-corrected chi connectivity index (χ0v) is 12.9. The number of carbonyl (C=O) groups excluding carboxylic acids is 1. The van der Waals surface area contributed by atoms with Crippen molar-refractivity contribution in [1.82, 2.24) is 14.7 Å². The van der Waals surface area contributed by atoms with Crippen molar-refractivity contribution in [3.63, 3.8) is 0 Å². The Kier molecular flexibility index (Phi) is 4.32. The molecule has 1 amide bonds. The van der Waals surface area contributed by atoms with E-state index in [1.807, 2.05) is 25.8 Å². The van der Waals surface area contributed by atoms with Crippen LogP contribution in [0.1, 0.15) is 18.3 Å². The van der Waals surface area contributed by atoms with Crippen LogP contribution in [0.15, 0.2) is 0 Å². The average Bonchev–Trinajstić information content (AvgIpc) is 2.59. The highest BCUT2D eigenvalue weighted by atomic mass is 16.4. The first-order chi connectivity index (χ1) is 9.79. The summed E-state index contributed by atoms with van der Waals surface area (Å²) in [6, 6.07) is 0. The Morgan fingerprint density at radius 3 is 2.52 bits per heavy atom. The second-order valence-corrected chi connectivity index (χ2v) is 5.80. The van der Waals surface area contributed by atoms with Crippen molar-refractivity contribution < 1.29 is 14.7 Å². The molecular weight excluding hydrogens is 272 g/mol. The van der Waals surface area contributed by atoms with Gasteiger partial charge in [0.15, 0.2) is 0 Å². The maximum atomic E-state index is 12.0. The van der Waals surface area contributed by atoms with E-state index in [1.54, 1.807) is 11.6 Å². The smallest absolute Gasteiger partial charge is 0.306 e. The lowest BCUT2D eigenvalue weighted by Crippen LogP contribution is -2.53. The number of hydrogen-bond donors (Lipinski definition) is 2. The molecule has 1 fully saturated rings. The van der Waals surface area contributed by atoms with Crippen LogP contribution in [0.3, 0.4) is 0 Å². The molecule has 2 rings (SSSR count). The number of carboxylic acids is 1. The number of carboxylic acid groups (broad SMARTS) is 1. The van der Waals surface area contributed by atoms with E-state index in [0.717, 1.165) is 17.1 Å². The zero-order chi connectivity index (χ0) is 15.7.